The van der Waals surface area contributed by atoms with E-state index in [2.05, 4.69) is 38.2 Å². The minimum absolute atomic E-state index is 0.262. The largest absolute Gasteiger partial charge is 0.306 e. The number of thiophene rings is 1. The lowest BCUT2D eigenvalue weighted by Crippen LogP contribution is -2.18. The molecule has 1 atom stereocenters. The first-order chi connectivity index (χ1) is 8.58. The molecule has 0 saturated carbocycles. The molecule has 0 aliphatic carbocycles. The second-order valence-corrected chi connectivity index (χ2v) is 6.43. The molecule has 1 nitrogen and oxygen atoms in total. The molecule has 1 aromatic heterocycles. The average molecular weight is 280 g/mol. The van der Waals surface area contributed by atoms with E-state index >= 15 is 0 Å². The highest BCUT2D eigenvalue weighted by atomic mass is 35.5. The summed E-state index contributed by atoms with van der Waals surface area (Å²) >= 11 is 8.05. The van der Waals surface area contributed by atoms with Crippen molar-refractivity contribution in [2.75, 3.05) is 0 Å². The Bertz CT molecular complexity index is 533. The summed E-state index contributed by atoms with van der Waals surface area (Å²) in [5.74, 6) is 0. The maximum absolute atomic E-state index is 6.20. The first kappa shape index (κ1) is 13.6. The molecule has 3 heteroatoms. The molecule has 0 radical (unpaired) electrons. The van der Waals surface area contributed by atoms with Crippen molar-refractivity contribution in [1.82, 2.24) is 5.32 Å². The van der Waals surface area contributed by atoms with Crippen LogP contribution in [0.4, 0.5) is 0 Å². The maximum atomic E-state index is 6.20. The van der Waals surface area contributed by atoms with Crippen molar-refractivity contribution in [2.45, 2.75) is 33.4 Å². The molecule has 0 unspecified atom stereocenters. The molecule has 1 heterocycles. The fourth-order valence-corrected chi connectivity index (χ4v) is 3.30. The van der Waals surface area contributed by atoms with Crippen LogP contribution in [0, 0.1) is 13.8 Å². The van der Waals surface area contributed by atoms with Crippen LogP contribution in [0.15, 0.2) is 30.3 Å². The first-order valence-corrected chi connectivity index (χ1v) is 7.31. The molecular weight excluding hydrogens is 262 g/mol. The Morgan fingerprint density at radius 1 is 1.28 bits per heavy atom. The summed E-state index contributed by atoms with van der Waals surface area (Å²) in [5.41, 5.74) is 2.54. The van der Waals surface area contributed by atoms with Crippen LogP contribution in [0.3, 0.4) is 0 Å². The van der Waals surface area contributed by atoms with E-state index in [-0.39, 0.29) is 6.04 Å². The van der Waals surface area contributed by atoms with Gasteiger partial charge in [-0.15, -0.1) is 11.3 Å². The van der Waals surface area contributed by atoms with Gasteiger partial charge in [0.2, 0.25) is 0 Å². The van der Waals surface area contributed by atoms with E-state index in [0.717, 1.165) is 17.1 Å². The summed E-state index contributed by atoms with van der Waals surface area (Å²) in [7, 11) is 0. The zero-order chi connectivity index (χ0) is 13.1. The summed E-state index contributed by atoms with van der Waals surface area (Å²) in [4.78, 5) is 2.76. The van der Waals surface area contributed by atoms with Gasteiger partial charge < -0.3 is 5.32 Å². The van der Waals surface area contributed by atoms with E-state index < -0.39 is 0 Å². The van der Waals surface area contributed by atoms with E-state index in [9.17, 15) is 0 Å². The highest BCUT2D eigenvalue weighted by Crippen LogP contribution is 2.24. The number of halogens is 1. The van der Waals surface area contributed by atoms with Gasteiger partial charge in [-0.25, -0.2) is 0 Å². The van der Waals surface area contributed by atoms with Crippen LogP contribution in [0.1, 0.15) is 33.8 Å². The van der Waals surface area contributed by atoms with E-state index in [1.807, 2.05) is 29.5 Å². The highest BCUT2D eigenvalue weighted by Gasteiger charge is 2.09. The van der Waals surface area contributed by atoms with Gasteiger partial charge in [0.25, 0.3) is 0 Å². The predicted molar refractivity (Wildman–Crippen MR) is 80.5 cm³/mol. The van der Waals surface area contributed by atoms with Crippen molar-refractivity contribution >= 4 is 22.9 Å². The van der Waals surface area contributed by atoms with Crippen molar-refractivity contribution in [3.8, 4) is 0 Å². The van der Waals surface area contributed by atoms with E-state index in [1.165, 1.54) is 15.3 Å². The Labute approximate surface area is 118 Å². The van der Waals surface area contributed by atoms with Crippen LogP contribution in [-0.4, -0.2) is 0 Å². The quantitative estimate of drug-likeness (QED) is 0.842. The van der Waals surface area contributed by atoms with E-state index in [1.54, 1.807) is 0 Å². The van der Waals surface area contributed by atoms with Crippen molar-refractivity contribution in [3.63, 3.8) is 0 Å². The molecule has 0 saturated heterocycles. The minimum Gasteiger partial charge on any atom is -0.306 e. The lowest BCUT2D eigenvalue weighted by molar-refractivity contribution is 0.574. The SMILES string of the molecule is Cc1cc(CN[C@H](C)c2ccccc2Cl)c(C)s1. The second-order valence-electron chi connectivity index (χ2n) is 4.56. The van der Waals surface area contributed by atoms with Gasteiger partial charge in [0, 0.05) is 27.4 Å². The number of benzene rings is 1. The standard InChI is InChI=1S/C15H18ClNS/c1-10-8-13(12(3)18-10)9-17-11(2)14-6-4-5-7-15(14)16/h4-8,11,17H,9H2,1-3H3/t11-/m1/s1. The fraction of sp³-hybridized carbons (Fsp3) is 0.333. The Morgan fingerprint density at radius 3 is 2.61 bits per heavy atom. The summed E-state index contributed by atoms with van der Waals surface area (Å²) in [5, 5.41) is 4.36. The predicted octanol–water partition coefficient (Wildman–Crippen LogP) is 4.87. The van der Waals surface area contributed by atoms with Gasteiger partial charge in [-0.2, -0.15) is 0 Å². The third-order valence-corrected chi connectivity index (χ3v) is 4.47. The maximum Gasteiger partial charge on any atom is 0.0453 e. The van der Waals surface area contributed by atoms with Crippen molar-refractivity contribution in [3.05, 3.63) is 56.2 Å². The van der Waals surface area contributed by atoms with Crippen LogP contribution in [0.25, 0.3) is 0 Å². The van der Waals surface area contributed by atoms with Gasteiger partial charge in [0.15, 0.2) is 0 Å². The highest BCUT2D eigenvalue weighted by molar-refractivity contribution is 7.12. The van der Waals surface area contributed by atoms with Crippen molar-refractivity contribution in [1.29, 1.82) is 0 Å². The normalized spacial score (nSPS) is 12.7. The molecule has 1 N–H and O–H groups in total. The van der Waals surface area contributed by atoms with E-state index in [0.29, 0.717) is 0 Å². The third-order valence-electron chi connectivity index (χ3n) is 3.11. The van der Waals surface area contributed by atoms with Crippen molar-refractivity contribution < 1.29 is 0 Å². The Kier molecular flexibility index (Phi) is 4.44. The second kappa shape index (κ2) is 5.87. The molecule has 2 rings (SSSR count). The van der Waals surface area contributed by atoms with Gasteiger partial charge in [0.1, 0.15) is 0 Å². The Morgan fingerprint density at radius 2 is 2.00 bits per heavy atom. The molecule has 18 heavy (non-hydrogen) atoms. The number of aryl methyl sites for hydroxylation is 2. The average Bonchev–Trinajstić information content (AvgIpc) is 2.65. The topological polar surface area (TPSA) is 12.0 Å². The molecule has 0 amide bonds. The zero-order valence-corrected chi connectivity index (χ0v) is 12.5. The Balaban J connectivity index is 2.03. The van der Waals surface area contributed by atoms with E-state index in [4.69, 9.17) is 11.6 Å². The lowest BCUT2D eigenvalue weighted by atomic mass is 10.1. The third kappa shape index (κ3) is 3.14. The molecule has 0 aliphatic heterocycles. The van der Waals surface area contributed by atoms with Gasteiger partial charge in [0.05, 0.1) is 0 Å². The number of rotatable bonds is 4. The number of nitrogens with one attached hydrogen (secondary N) is 1. The molecule has 2 aromatic rings. The van der Waals surface area contributed by atoms with Crippen LogP contribution in [0.2, 0.25) is 5.02 Å². The molecule has 0 bridgehead atoms. The van der Waals surface area contributed by atoms with Gasteiger partial charge in [-0.1, -0.05) is 29.8 Å². The number of hydrogen-bond acceptors (Lipinski definition) is 2. The van der Waals surface area contributed by atoms with Crippen LogP contribution >= 0.6 is 22.9 Å². The number of hydrogen-bond donors (Lipinski definition) is 1. The summed E-state index contributed by atoms with van der Waals surface area (Å²) in [6.07, 6.45) is 0. The van der Waals surface area contributed by atoms with Crippen LogP contribution in [-0.2, 0) is 6.54 Å². The zero-order valence-electron chi connectivity index (χ0n) is 11.0. The molecule has 0 fully saturated rings. The molecule has 0 aliphatic rings. The summed E-state index contributed by atoms with van der Waals surface area (Å²) < 4.78 is 0. The van der Waals surface area contributed by atoms with Gasteiger partial charge >= 0.3 is 0 Å². The lowest BCUT2D eigenvalue weighted by Gasteiger charge is -2.15. The molecule has 0 spiro atoms. The summed E-state index contributed by atoms with van der Waals surface area (Å²) in [6, 6.07) is 10.5. The minimum atomic E-state index is 0.262. The monoisotopic (exact) mass is 279 g/mol. The Hall–Kier alpha value is -0.830. The molecular formula is C15H18ClNS. The molecule has 1 aromatic carbocycles. The van der Waals surface area contributed by atoms with Crippen molar-refractivity contribution in [2.24, 2.45) is 0 Å². The smallest absolute Gasteiger partial charge is 0.0453 e. The van der Waals surface area contributed by atoms with Crippen LogP contribution < -0.4 is 5.32 Å². The summed E-state index contributed by atoms with van der Waals surface area (Å²) in [6.45, 7) is 7.37. The molecule has 96 valence electrons. The van der Waals surface area contributed by atoms with Crippen LogP contribution in [0.5, 0.6) is 0 Å². The first-order valence-electron chi connectivity index (χ1n) is 6.11. The fourth-order valence-electron chi connectivity index (χ4n) is 2.06. The van der Waals surface area contributed by atoms with Gasteiger partial charge in [-0.3, -0.25) is 0 Å². The van der Waals surface area contributed by atoms with Gasteiger partial charge in [-0.05, 0) is 44.0 Å².